The van der Waals surface area contributed by atoms with Crippen molar-refractivity contribution in [3.8, 4) is 0 Å². The molecular weight excluding hydrogens is 138 g/mol. The van der Waals surface area contributed by atoms with E-state index >= 15 is 0 Å². The fourth-order valence-electron chi connectivity index (χ4n) is 0.376. The van der Waals surface area contributed by atoms with Crippen molar-refractivity contribution in [2.45, 2.75) is 39.5 Å². The van der Waals surface area contributed by atoms with Crippen LogP contribution in [0.15, 0.2) is 4.99 Å². The summed E-state index contributed by atoms with van der Waals surface area (Å²) in [5.74, 6) is 0. The number of carbonyl (C=O) groups is 1. The van der Waals surface area contributed by atoms with Crippen LogP contribution in [-0.2, 0) is 4.79 Å². The SMILES string of the molecule is CCCC=NC.CCCC=O. The molecule has 66 valence electrons. The van der Waals surface area contributed by atoms with Crippen LogP contribution in [0.3, 0.4) is 0 Å². The van der Waals surface area contributed by atoms with Crippen LogP contribution in [0.4, 0.5) is 0 Å². The monoisotopic (exact) mass is 157 g/mol. The van der Waals surface area contributed by atoms with Gasteiger partial charge in [0.1, 0.15) is 6.29 Å². The second-order valence-corrected chi connectivity index (χ2v) is 2.18. The van der Waals surface area contributed by atoms with E-state index in [-0.39, 0.29) is 0 Å². The molecule has 0 heterocycles. The third kappa shape index (κ3) is 26.7. The Morgan fingerprint density at radius 3 is 1.82 bits per heavy atom. The van der Waals surface area contributed by atoms with Crippen LogP contribution >= 0.6 is 0 Å². The van der Waals surface area contributed by atoms with Crippen molar-refractivity contribution >= 4 is 12.5 Å². The van der Waals surface area contributed by atoms with Crippen LogP contribution in [0.1, 0.15) is 39.5 Å². The molecule has 2 heteroatoms. The molecule has 0 aromatic heterocycles. The van der Waals surface area contributed by atoms with Crippen LogP contribution in [0.2, 0.25) is 0 Å². The summed E-state index contributed by atoms with van der Waals surface area (Å²) in [6.07, 6.45) is 6.87. The predicted molar refractivity (Wildman–Crippen MR) is 50.3 cm³/mol. The van der Waals surface area contributed by atoms with Crippen LogP contribution in [0, 0.1) is 0 Å². The third-order valence-electron chi connectivity index (χ3n) is 1.01. The van der Waals surface area contributed by atoms with Gasteiger partial charge >= 0.3 is 0 Å². The van der Waals surface area contributed by atoms with Gasteiger partial charge in [-0.25, -0.2) is 0 Å². The number of nitrogens with zero attached hydrogens (tertiary/aromatic N) is 1. The van der Waals surface area contributed by atoms with Gasteiger partial charge in [-0.1, -0.05) is 20.3 Å². The number of aliphatic imine (C=N–C) groups is 1. The van der Waals surface area contributed by atoms with E-state index in [0.29, 0.717) is 6.42 Å². The summed E-state index contributed by atoms with van der Waals surface area (Å²) >= 11 is 0. The second kappa shape index (κ2) is 16.2. The van der Waals surface area contributed by atoms with Gasteiger partial charge in [0.2, 0.25) is 0 Å². The zero-order valence-corrected chi connectivity index (χ0v) is 7.84. The number of rotatable bonds is 4. The molecule has 0 atom stereocenters. The Labute approximate surface area is 69.7 Å². The fourth-order valence-corrected chi connectivity index (χ4v) is 0.376. The first-order valence-corrected chi connectivity index (χ1v) is 4.17. The number of unbranched alkanes of at least 4 members (excludes halogenated alkanes) is 2. The first-order chi connectivity index (χ1) is 5.33. The van der Waals surface area contributed by atoms with Gasteiger partial charge in [-0.05, 0) is 19.1 Å². The molecule has 0 aromatic rings. The van der Waals surface area contributed by atoms with Gasteiger partial charge in [0.25, 0.3) is 0 Å². The van der Waals surface area contributed by atoms with E-state index in [4.69, 9.17) is 0 Å². The normalized spacial score (nSPS) is 9.00. The average Bonchev–Trinajstić information content (AvgIpc) is 2.04. The minimum atomic E-state index is 0.708. The molecule has 0 aliphatic rings. The fraction of sp³-hybridized carbons (Fsp3) is 0.778. The highest BCUT2D eigenvalue weighted by Gasteiger charge is 1.67. The average molecular weight is 157 g/mol. The Morgan fingerprint density at radius 2 is 1.73 bits per heavy atom. The molecule has 0 amide bonds. The Bertz CT molecular complexity index is 89.6. The number of aldehydes is 1. The van der Waals surface area contributed by atoms with Gasteiger partial charge in [-0.15, -0.1) is 0 Å². The summed E-state index contributed by atoms with van der Waals surface area (Å²) in [7, 11) is 1.80. The molecule has 0 aromatic carbocycles. The lowest BCUT2D eigenvalue weighted by Gasteiger charge is -1.75. The highest BCUT2D eigenvalue weighted by molar-refractivity contribution is 5.56. The van der Waals surface area contributed by atoms with Crippen LogP contribution in [0.25, 0.3) is 0 Å². The van der Waals surface area contributed by atoms with Crippen molar-refractivity contribution in [2.75, 3.05) is 7.05 Å². The molecule has 0 fully saturated rings. The molecule has 0 rings (SSSR count). The summed E-state index contributed by atoms with van der Waals surface area (Å²) in [4.78, 5) is 13.2. The van der Waals surface area contributed by atoms with E-state index in [1.165, 1.54) is 6.42 Å². The van der Waals surface area contributed by atoms with Crippen molar-refractivity contribution in [1.82, 2.24) is 0 Å². The predicted octanol–water partition coefficient (Wildman–Crippen LogP) is 2.47. The minimum absolute atomic E-state index is 0.708. The topological polar surface area (TPSA) is 29.4 Å². The molecule has 0 saturated carbocycles. The standard InChI is InChI=1S/C5H11N.C4H8O/c1-3-4-5-6-2;1-2-3-4-5/h5H,3-4H2,1-2H3;4H,2-3H2,1H3. The molecule has 0 unspecified atom stereocenters. The second-order valence-electron chi connectivity index (χ2n) is 2.18. The number of carbonyl (C=O) groups excluding carboxylic acids is 1. The first kappa shape index (κ1) is 13.0. The number of hydrogen-bond donors (Lipinski definition) is 0. The highest BCUT2D eigenvalue weighted by Crippen LogP contribution is 1.77. The van der Waals surface area contributed by atoms with Gasteiger partial charge in [0, 0.05) is 13.5 Å². The lowest BCUT2D eigenvalue weighted by molar-refractivity contribution is -0.107. The van der Waals surface area contributed by atoms with Crippen LogP contribution < -0.4 is 0 Å². The zero-order chi connectivity index (χ0) is 8.95. The molecule has 11 heavy (non-hydrogen) atoms. The molecule has 0 spiro atoms. The van der Waals surface area contributed by atoms with Gasteiger partial charge in [0.15, 0.2) is 0 Å². The maximum absolute atomic E-state index is 9.40. The van der Waals surface area contributed by atoms with Crippen molar-refractivity contribution in [3.05, 3.63) is 0 Å². The Balaban J connectivity index is 0. The smallest absolute Gasteiger partial charge is 0.119 e. The van der Waals surface area contributed by atoms with E-state index in [0.717, 1.165) is 19.1 Å². The largest absolute Gasteiger partial charge is 0.303 e. The van der Waals surface area contributed by atoms with Crippen molar-refractivity contribution in [3.63, 3.8) is 0 Å². The Kier molecular flexibility index (Phi) is 19.1. The molecule has 0 N–H and O–H groups in total. The van der Waals surface area contributed by atoms with Gasteiger partial charge in [-0.3, -0.25) is 0 Å². The third-order valence-corrected chi connectivity index (χ3v) is 1.01. The summed E-state index contributed by atoms with van der Waals surface area (Å²) in [5, 5.41) is 0. The maximum atomic E-state index is 9.40. The molecular formula is C9H19NO. The molecule has 0 bridgehead atoms. The van der Waals surface area contributed by atoms with Crippen LogP contribution in [0.5, 0.6) is 0 Å². The summed E-state index contributed by atoms with van der Waals surface area (Å²) in [5.41, 5.74) is 0. The van der Waals surface area contributed by atoms with E-state index in [1.807, 2.05) is 13.1 Å². The van der Waals surface area contributed by atoms with E-state index in [1.54, 1.807) is 7.05 Å². The van der Waals surface area contributed by atoms with Crippen LogP contribution in [-0.4, -0.2) is 19.5 Å². The Hall–Kier alpha value is -0.660. The quantitative estimate of drug-likeness (QED) is 0.455. The van der Waals surface area contributed by atoms with Crippen molar-refractivity contribution in [1.29, 1.82) is 0 Å². The number of hydrogen-bond acceptors (Lipinski definition) is 2. The van der Waals surface area contributed by atoms with E-state index in [9.17, 15) is 4.79 Å². The molecule has 0 radical (unpaired) electrons. The molecule has 0 saturated heterocycles. The lowest BCUT2D eigenvalue weighted by Crippen LogP contribution is -1.67. The Morgan fingerprint density at radius 1 is 1.18 bits per heavy atom. The van der Waals surface area contributed by atoms with Crippen molar-refractivity contribution in [2.24, 2.45) is 4.99 Å². The van der Waals surface area contributed by atoms with Crippen molar-refractivity contribution < 1.29 is 4.79 Å². The molecule has 2 nitrogen and oxygen atoms in total. The highest BCUT2D eigenvalue weighted by atomic mass is 16.1. The summed E-state index contributed by atoms with van der Waals surface area (Å²) in [6.45, 7) is 4.12. The van der Waals surface area contributed by atoms with Gasteiger partial charge in [-0.2, -0.15) is 0 Å². The lowest BCUT2D eigenvalue weighted by atomic mass is 10.4. The first-order valence-electron chi connectivity index (χ1n) is 4.17. The maximum Gasteiger partial charge on any atom is 0.119 e. The zero-order valence-electron chi connectivity index (χ0n) is 7.84. The van der Waals surface area contributed by atoms with Gasteiger partial charge in [0.05, 0.1) is 0 Å². The summed E-state index contributed by atoms with van der Waals surface area (Å²) < 4.78 is 0. The minimum Gasteiger partial charge on any atom is -0.303 e. The van der Waals surface area contributed by atoms with E-state index in [2.05, 4.69) is 11.9 Å². The van der Waals surface area contributed by atoms with Gasteiger partial charge < -0.3 is 9.79 Å². The molecule has 0 aliphatic heterocycles. The molecule has 0 aliphatic carbocycles. The van der Waals surface area contributed by atoms with E-state index < -0.39 is 0 Å². The summed E-state index contributed by atoms with van der Waals surface area (Å²) in [6, 6.07) is 0.